The van der Waals surface area contributed by atoms with Gasteiger partial charge in [-0.2, -0.15) is 0 Å². The van der Waals surface area contributed by atoms with Crippen LogP contribution in [-0.2, 0) is 0 Å². The Morgan fingerprint density at radius 2 is 1.00 bits per heavy atom. The molecule has 0 unspecified atom stereocenters. The lowest BCUT2D eigenvalue weighted by Crippen LogP contribution is -3.00. The van der Waals surface area contributed by atoms with Gasteiger partial charge < -0.3 is 37.2 Å². The maximum absolute atomic E-state index is 3.31. The summed E-state index contributed by atoms with van der Waals surface area (Å²) in [5.74, 6) is 0. The van der Waals surface area contributed by atoms with E-state index >= 15 is 0 Å². The lowest BCUT2D eigenvalue weighted by atomic mass is 10.6. The fraction of sp³-hybridized carbons (Fsp3) is 1.00. The van der Waals surface area contributed by atoms with E-state index in [4.69, 9.17) is 0 Å². The topological polar surface area (TPSA) is 0 Å². The van der Waals surface area contributed by atoms with Crippen molar-refractivity contribution in [2.75, 3.05) is 0 Å². The zero-order chi connectivity index (χ0) is 3.58. The van der Waals surface area contributed by atoms with Crippen LogP contribution >= 0.6 is 0 Å². The van der Waals surface area contributed by atoms with Gasteiger partial charge in [-0.1, -0.05) is 19.4 Å². The molecule has 0 saturated heterocycles. The average molecular weight is 178 g/mol. The smallest absolute Gasteiger partial charge is 0.0258 e. The van der Waals surface area contributed by atoms with Gasteiger partial charge in [-0.3, -0.25) is 0 Å². The Kier molecular flexibility index (Phi) is 54.6. The van der Waals surface area contributed by atoms with Gasteiger partial charge in [0.1, 0.15) is 0 Å². The molecule has 0 saturated carbocycles. The maximum Gasteiger partial charge on any atom is 0.0258 e. The van der Waals surface area contributed by atoms with Crippen LogP contribution in [0.2, 0.25) is 5.54 Å². The summed E-state index contributed by atoms with van der Waals surface area (Å²) >= 11 is 0. The van der Waals surface area contributed by atoms with E-state index in [-0.39, 0.29) is 37.2 Å². The lowest BCUT2D eigenvalue weighted by Gasteiger charge is -1.78. The molecule has 0 aliphatic rings. The fourth-order valence-corrected chi connectivity index (χ4v) is 0. The molecule has 7 heavy (non-hydrogen) atoms. The first-order valence-corrected chi connectivity index (χ1v) is 2.02. The SMILES string of the molecule is CC(C)[Si].[Cl-].[Cl-].[Cl-]. The zero-order valence-corrected chi connectivity index (χ0v) is 7.48. The molecule has 4 heteroatoms. The molecule has 0 spiro atoms. The number of rotatable bonds is 0. The second-order valence-electron chi connectivity index (χ2n) is 1.15. The summed E-state index contributed by atoms with van der Waals surface area (Å²) in [6.45, 7) is 4.16. The minimum Gasteiger partial charge on any atom is -1.00 e. The quantitative estimate of drug-likeness (QED) is 0.323. The normalized spacial score (nSPS) is 5.14. The van der Waals surface area contributed by atoms with Crippen LogP contribution in [0.3, 0.4) is 0 Å². The van der Waals surface area contributed by atoms with E-state index in [0.29, 0.717) is 5.54 Å². The molecule has 0 aliphatic heterocycles. The summed E-state index contributed by atoms with van der Waals surface area (Å²) in [4.78, 5) is 0. The van der Waals surface area contributed by atoms with Gasteiger partial charge in [-0.15, -0.1) is 0 Å². The molecule has 0 atom stereocenters. The number of halogens is 3. The van der Waals surface area contributed by atoms with Gasteiger partial charge in [0.15, 0.2) is 0 Å². The first kappa shape index (κ1) is 24.3. The molecule has 0 amide bonds. The standard InChI is InChI=1S/C3H7Si.3ClH/c1-3(2)4;;;/h3H,1-2H3;3*1H/p-3. The van der Waals surface area contributed by atoms with Crippen LogP contribution in [0.25, 0.3) is 0 Å². The lowest BCUT2D eigenvalue weighted by molar-refractivity contribution is -0.00100. The Hall–Kier alpha value is 1.09. The molecule has 0 heterocycles. The van der Waals surface area contributed by atoms with Crippen molar-refractivity contribution < 1.29 is 37.2 Å². The third-order valence-corrected chi connectivity index (χ3v) is 0. The van der Waals surface area contributed by atoms with Crippen LogP contribution in [0.1, 0.15) is 13.8 Å². The van der Waals surface area contributed by atoms with Gasteiger partial charge >= 0.3 is 0 Å². The summed E-state index contributed by atoms with van der Waals surface area (Å²) in [7, 11) is 3.31. The summed E-state index contributed by atoms with van der Waals surface area (Å²) in [5.41, 5.74) is 0.639. The minimum absolute atomic E-state index is 0. The molecule has 0 nitrogen and oxygen atoms in total. The molecule has 0 aromatic rings. The van der Waals surface area contributed by atoms with Crippen LogP contribution in [0.5, 0.6) is 0 Å². The predicted octanol–water partition coefficient (Wildman–Crippen LogP) is -8.00. The second-order valence-corrected chi connectivity index (χ2v) is 2.31. The Morgan fingerprint density at radius 1 is 1.00 bits per heavy atom. The van der Waals surface area contributed by atoms with E-state index < -0.39 is 0 Å². The van der Waals surface area contributed by atoms with Crippen molar-refractivity contribution >= 4 is 10.2 Å². The Morgan fingerprint density at radius 3 is 1.00 bits per heavy atom. The van der Waals surface area contributed by atoms with E-state index in [1.54, 1.807) is 0 Å². The van der Waals surface area contributed by atoms with Crippen LogP contribution in [0.4, 0.5) is 0 Å². The Labute approximate surface area is 67.1 Å². The van der Waals surface area contributed by atoms with Crippen molar-refractivity contribution in [3.8, 4) is 0 Å². The van der Waals surface area contributed by atoms with Gasteiger partial charge in [0.25, 0.3) is 0 Å². The van der Waals surface area contributed by atoms with Crippen LogP contribution in [0, 0.1) is 0 Å². The summed E-state index contributed by atoms with van der Waals surface area (Å²) < 4.78 is 0. The molecular formula is C3H7Cl3Si-3. The van der Waals surface area contributed by atoms with E-state index in [1.165, 1.54) is 0 Å². The third-order valence-electron chi connectivity index (χ3n) is 0. The van der Waals surface area contributed by atoms with Crippen molar-refractivity contribution in [2.45, 2.75) is 19.4 Å². The van der Waals surface area contributed by atoms with Crippen LogP contribution in [0.15, 0.2) is 0 Å². The largest absolute Gasteiger partial charge is 1.00 e. The van der Waals surface area contributed by atoms with E-state index in [0.717, 1.165) is 0 Å². The van der Waals surface area contributed by atoms with E-state index in [2.05, 4.69) is 24.1 Å². The molecule has 0 aromatic heterocycles. The van der Waals surface area contributed by atoms with Crippen LogP contribution < -0.4 is 37.2 Å². The molecule has 0 bridgehead atoms. The van der Waals surface area contributed by atoms with Gasteiger partial charge in [-0.05, 0) is 0 Å². The van der Waals surface area contributed by atoms with Gasteiger partial charge in [0.05, 0.1) is 0 Å². The van der Waals surface area contributed by atoms with Crippen LogP contribution in [-0.4, -0.2) is 10.2 Å². The van der Waals surface area contributed by atoms with E-state index in [9.17, 15) is 0 Å². The second kappa shape index (κ2) is 15.7. The van der Waals surface area contributed by atoms with Crippen molar-refractivity contribution in [3.05, 3.63) is 0 Å². The number of hydrogen-bond donors (Lipinski definition) is 0. The Balaban J connectivity index is -0.0000000150. The minimum atomic E-state index is 0. The molecular weight excluding hydrogens is 170 g/mol. The third kappa shape index (κ3) is 155. The van der Waals surface area contributed by atoms with Crippen molar-refractivity contribution in [3.63, 3.8) is 0 Å². The van der Waals surface area contributed by atoms with Crippen molar-refractivity contribution in [1.82, 2.24) is 0 Å². The zero-order valence-electron chi connectivity index (χ0n) is 4.21. The van der Waals surface area contributed by atoms with Gasteiger partial charge in [0.2, 0.25) is 0 Å². The fourth-order valence-electron chi connectivity index (χ4n) is 0. The molecule has 0 N–H and O–H groups in total. The summed E-state index contributed by atoms with van der Waals surface area (Å²) in [6, 6.07) is 0. The van der Waals surface area contributed by atoms with Gasteiger partial charge in [0, 0.05) is 10.2 Å². The summed E-state index contributed by atoms with van der Waals surface area (Å²) in [6.07, 6.45) is 0. The van der Waals surface area contributed by atoms with Crippen molar-refractivity contribution in [2.24, 2.45) is 0 Å². The summed E-state index contributed by atoms with van der Waals surface area (Å²) in [5, 5.41) is 0. The monoisotopic (exact) mass is 176 g/mol. The predicted molar refractivity (Wildman–Crippen MR) is 20.9 cm³/mol. The first-order chi connectivity index (χ1) is 1.73. The molecule has 0 aromatic carbocycles. The molecule has 3 radical (unpaired) electrons. The highest BCUT2D eigenvalue weighted by molar-refractivity contribution is 6.10. The average Bonchev–Trinajstić information content (AvgIpc) is 0.811. The first-order valence-electron chi connectivity index (χ1n) is 1.44. The highest BCUT2D eigenvalue weighted by Crippen LogP contribution is 1.84. The van der Waals surface area contributed by atoms with Gasteiger partial charge in [-0.25, -0.2) is 0 Å². The van der Waals surface area contributed by atoms with Crippen molar-refractivity contribution in [1.29, 1.82) is 0 Å². The molecule has 0 rings (SSSR count). The van der Waals surface area contributed by atoms with E-state index in [1.807, 2.05) is 0 Å². The maximum atomic E-state index is 3.31. The molecule has 47 valence electrons. The molecule has 0 fully saturated rings. The Bertz CT molecular complexity index is 14.9. The highest BCUT2D eigenvalue weighted by atomic mass is 35.5. The molecule has 0 aliphatic carbocycles. The highest BCUT2D eigenvalue weighted by Gasteiger charge is 1.69. The number of hydrogen-bond acceptors (Lipinski definition) is 0.